The van der Waals surface area contributed by atoms with E-state index in [-0.39, 0.29) is 12.1 Å². The third-order valence-corrected chi connectivity index (χ3v) is 2.25. The molecular formula is C10H18O3. The van der Waals surface area contributed by atoms with Crippen molar-refractivity contribution in [2.75, 3.05) is 13.2 Å². The van der Waals surface area contributed by atoms with Crippen LogP contribution in [0.5, 0.6) is 0 Å². The maximum absolute atomic E-state index is 11.0. The van der Waals surface area contributed by atoms with Gasteiger partial charge < -0.3 is 9.47 Å². The highest BCUT2D eigenvalue weighted by Gasteiger charge is 2.15. The van der Waals surface area contributed by atoms with Gasteiger partial charge in [-0.15, -0.1) is 0 Å². The normalized spacial score (nSPS) is 22.7. The first-order valence-electron chi connectivity index (χ1n) is 5.10. The first-order valence-corrected chi connectivity index (χ1v) is 5.10. The predicted molar refractivity (Wildman–Crippen MR) is 49.5 cm³/mol. The molecule has 1 heterocycles. The van der Waals surface area contributed by atoms with E-state index in [1.165, 1.54) is 6.42 Å². The smallest absolute Gasteiger partial charge is 0.305 e. The van der Waals surface area contributed by atoms with Gasteiger partial charge in [-0.2, -0.15) is 0 Å². The zero-order valence-corrected chi connectivity index (χ0v) is 8.25. The molecule has 1 atom stereocenters. The van der Waals surface area contributed by atoms with Gasteiger partial charge in [0, 0.05) is 13.0 Å². The fourth-order valence-electron chi connectivity index (χ4n) is 1.55. The molecule has 0 aromatic heterocycles. The van der Waals surface area contributed by atoms with Crippen molar-refractivity contribution < 1.29 is 14.3 Å². The summed E-state index contributed by atoms with van der Waals surface area (Å²) >= 11 is 0. The number of esters is 1. The van der Waals surface area contributed by atoms with Gasteiger partial charge in [-0.3, -0.25) is 4.79 Å². The van der Waals surface area contributed by atoms with Gasteiger partial charge in [-0.25, -0.2) is 0 Å². The number of carbonyl (C=O) groups is 1. The van der Waals surface area contributed by atoms with Crippen LogP contribution in [0.25, 0.3) is 0 Å². The zero-order chi connectivity index (χ0) is 9.52. The monoisotopic (exact) mass is 186 g/mol. The lowest BCUT2D eigenvalue weighted by atomic mass is 10.1. The molecule has 0 amide bonds. The molecule has 1 rings (SSSR count). The molecule has 1 saturated heterocycles. The highest BCUT2D eigenvalue weighted by atomic mass is 16.5. The lowest BCUT2D eigenvalue weighted by molar-refractivity contribution is -0.144. The molecule has 1 aliphatic rings. The molecule has 1 aliphatic heterocycles. The molecule has 3 heteroatoms. The Kier molecular flexibility index (Phi) is 4.83. The van der Waals surface area contributed by atoms with Gasteiger partial charge in [-0.1, -0.05) is 0 Å². The molecule has 0 saturated carbocycles. The minimum atomic E-state index is -0.100. The van der Waals surface area contributed by atoms with Gasteiger partial charge in [-0.05, 0) is 32.6 Å². The molecule has 0 aromatic carbocycles. The Morgan fingerprint density at radius 1 is 1.54 bits per heavy atom. The molecule has 0 aromatic rings. The van der Waals surface area contributed by atoms with Crippen LogP contribution in [0.1, 0.15) is 39.0 Å². The highest BCUT2D eigenvalue weighted by Crippen LogP contribution is 2.16. The van der Waals surface area contributed by atoms with Crippen molar-refractivity contribution in [1.29, 1.82) is 0 Å². The van der Waals surface area contributed by atoms with Gasteiger partial charge in [0.25, 0.3) is 0 Å². The summed E-state index contributed by atoms with van der Waals surface area (Å²) in [5.74, 6) is -0.100. The van der Waals surface area contributed by atoms with Crippen LogP contribution in [0.3, 0.4) is 0 Å². The van der Waals surface area contributed by atoms with Crippen LogP contribution in [0.15, 0.2) is 0 Å². The summed E-state index contributed by atoms with van der Waals surface area (Å²) in [6.45, 7) is 3.16. The molecule has 3 nitrogen and oxygen atoms in total. The molecule has 13 heavy (non-hydrogen) atoms. The van der Waals surface area contributed by atoms with Crippen molar-refractivity contribution >= 4 is 5.97 Å². The maximum atomic E-state index is 11.0. The lowest BCUT2D eigenvalue weighted by Gasteiger charge is -2.21. The fraction of sp³-hybridized carbons (Fsp3) is 0.900. The largest absolute Gasteiger partial charge is 0.466 e. The Hall–Kier alpha value is -0.570. The van der Waals surface area contributed by atoms with Crippen molar-refractivity contribution in [3.05, 3.63) is 0 Å². The fourth-order valence-corrected chi connectivity index (χ4v) is 1.55. The number of carbonyl (C=O) groups excluding carboxylic acids is 1. The summed E-state index contributed by atoms with van der Waals surface area (Å²) in [6.07, 6.45) is 5.10. The van der Waals surface area contributed by atoms with E-state index in [9.17, 15) is 4.79 Å². The second-order valence-electron chi connectivity index (χ2n) is 3.33. The Balaban J connectivity index is 2.06. The second kappa shape index (κ2) is 5.97. The lowest BCUT2D eigenvalue weighted by Crippen LogP contribution is -2.20. The summed E-state index contributed by atoms with van der Waals surface area (Å²) in [6, 6.07) is 0. The molecule has 0 N–H and O–H groups in total. The number of rotatable bonds is 4. The Morgan fingerprint density at radius 2 is 2.38 bits per heavy atom. The van der Waals surface area contributed by atoms with Crippen molar-refractivity contribution in [3.63, 3.8) is 0 Å². The summed E-state index contributed by atoms with van der Waals surface area (Å²) in [5.41, 5.74) is 0. The van der Waals surface area contributed by atoms with Crippen LogP contribution >= 0.6 is 0 Å². The minimum absolute atomic E-state index is 0.100. The molecule has 76 valence electrons. The van der Waals surface area contributed by atoms with Crippen molar-refractivity contribution in [2.45, 2.75) is 45.1 Å². The summed E-state index contributed by atoms with van der Waals surface area (Å²) < 4.78 is 10.3. The number of hydrogen-bond donors (Lipinski definition) is 0. The average Bonchev–Trinajstić information content (AvgIpc) is 2.17. The number of hydrogen-bond acceptors (Lipinski definition) is 3. The Labute approximate surface area is 79.4 Å². The zero-order valence-electron chi connectivity index (χ0n) is 8.25. The van der Waals surface area contributed by atoms with Gasteiger partial charge in [0.1, 0.15) is 0 Å². The van der Waals surface area contributed by atoms with Crippen LogP contribution in [-0.4, -0.2) is 25.3 Å². The van der Waals surface area contributed by atoms with E-state index in [0.717, 1.165) is 25.9 Å². The van der Waals surface area contributed by atoms with Crippen LogP contribution < -0.4 is 0 Å². The maximum Gasteiger partial charge on any atom is 0.305 e. The van der Waals surface area contributed by atoms with Gasteiger partial charge in [0.15, 0.2) is 0 Å². The van der Waals surface area contributed by atoms with Crippen LogP contribution in [-0.2, 0) is 14.3 Å². The summed E-state index contributed by atoms with van der Waals surface area (Å²) in [5, 5.41) is 0. The van der Waals surface area contributed by atoms with E-state index in [1.54, 1.807) is 0 Å². The minimum Gasteiger partial charge on any atom is -0.466 e. The Bertz CT molecular complexity index is 150. The molecule has 0 aliphatic carbocycles. The van der Waals surface area contributed by atoms with E-state index in [0.29, 0.717) is 13.0 Å². The van der Waals surface area contributed by atoms with Crippen molar-refractivity contribution in [2.24, 2.45) is 0 Å². The van der Waals surface area contributed by atoms with Gasteiger partial charge in [0.05, 0.1) is 12.7 Å². The van der Waals surface area contributed by atoms with E-state index in [2.05, 4.69) is 0 Å². The summed E-state index contributed by atoms with van der Waals surface area (Å²) in [4.78, 5) is 11.0. The quantitative estimate of drug-likeness (QED) is 0.629. The van der Waals surface area contributed by atoms with E-state index in [4.69, 9.17) is 9.47 Å². The molecule has 0 spiro atoms. The number of ether oxygens (including phenoxy) is 2. The van der Waals surface area contributed by atoms with Crippen LogP contribution in [0.2, 0.25) is 0 Å². The molecule has 0 bridgehead atoms. The molecule has 1 unspecified atom stereocenters. The molecular weight excluding hydrogens is 168 g/mol. The Morgan fingerprint density at radius 3 is 3.00 bits per heavy atom. The van der Waals surface area contributed by atoms with Crippen molar-refractivity contribution in [3.8, 4) is 0 Å². The highest BCUT2D eigenvalue weighted by molar-refractivity contribution is 5.69. The predicted octanol–water partition coefficient (Wildman–Crippen LogP) is 1.90. The molecule has 1 fully saturated rings. The first kappa shape index (κ1) is 10.5. The third-order valence-electron chi connectivity index (χ3n) is 2.25. The van der Waals surface area contributed by atoms with E-state index < -0.39 is 0 Å². The van der Waals surface area contributed by atoms with Gasteiger partial charge >= 0.3 is 5.97 Å². The summed E-state index contributed by atoms with van der Waals surface area (Å²) in [7, 11) is 0. The second-order valence-corrected chi connectivity index (χ2v) is 3.33. The van der Waals surface area contributed by atoms with Gasteiger partial charge in [0.2, 0.25) is 0 Å². The van der Waals surface area contributed by atoms with E-state index >= 15 is 0 Å². The standard InChI is InChI=1S/C10H18O3/c1-2-12-10(11)7-6-9-5-3-4-8-13-9/h9H,2-8H2,1H3. The third kappa shape index (κ3) is 4.27. The van der Waals surface area contributed by atoms with Crippen LogP contribution in [0, 0.1) is 0 Å². The molecule has 0 radical (unpaired) electrons. The van der Waals surface area contributed by atoms with Crippen molar-refractivity contribution in [1.82, 2.24) is 0 Å². The van der Waals surface area contributed by atoms with Crippen LogP contribution in [0.4, 0.5) is 0 Å². The SMILES string of the molecule is CCOC(=O)CCC1CCCCO1. The van der Waals surface area contributed by atoms with E-state index in [1.807, 2.05) is 6.92 Å². The first-order chi connectivity index (χ1) is 6.33. The average molecular weight is 186 g/mol. The topological polar surface area (TPSA) is 35.5 Å².